The van der Waals surface area contributed by atoms with Gasteiger partial charge in [0, 0.05) is 24.1 Å². The minimum absolute atomic E-state index is 0.196. The number of nitrogens with zero attached hydrogens (tertiary/aromatic N) is 2. The second kappa shape index (κ2) is 6.29. The van der Waals surface area contributed by atoms with Crippen LogP contribution >= 0.6 is 0 Å². The number of hydrogen-bond acceptors (Lipinski definition) is 3. The molecule has 0 bridgehead atoms. The number of pyridine rings is 1. The van der Waals surface area contributed by atoms with E-state index in [1.165, 1.54) is 11.1 Å². The molecule has 2 aromatic rings. The van der Waals surface area contributed by atoms with Crippen LogP contribution in [-0.4, -0.2) is 16.7 Å². The largest absolute Gasteiger partial charge is 0.396 e. The van der Waals surface area contributed by atoms with E-state index in [4.69, 9.17) is 5.26 Å². The maximum absolute atomic E-state index is 9.77. The summed E-state index contributed by atoms with van der Waals surface area (Å²) in [5, 5.41) is 20.8. The Hall–Kier alpha value is -2.18. The summed E-state index contributed by atoms with van der Waals surface area (Å²) in [7, 11) is 0. The molecule has 3 nitrogen and oxygen atoms in total. The number of fused-ring (bicyclic) bond motifs is 1. The zero-order valence-corrected chi connectivity index (χ0v) is 12.6. The Bertz CT molecular complexity index is 745. The molecule has 0 aliphatic heterocycles. The second-order valence-corrected chi connectivity index (χ2v) is 6.08. The lowest BCUT2D eigenvalue weighted by atomic mass is 9.80. The Morgan fingerprint density at radius 2 is 2.18 bits per heavy atom. The average Bonchev–Trinajstić information content (AvgIpc) is 2.74. The van der Waals surface area contributed by atoms with E-state index < -0.39 is 0 Å². The van der Waals surface area contributed by atoms with Crippen LogP contribution in [0.1, 0.15) is 42.9 Å². The first-order valence-electron chi connectivity index (χ1n) is 7.82. The van der Waals surface area contributed by atoms with E-state index in [2.05, 4.69) is 29.8 Å². The molecule has 0 saturated heterocycles. The van der Waals surface area contributed by atoms with E-state index in [-0.39, 0.29) is 18.4 Å². The Morgan fingerprint density at radius 3 is 2.95 bits per heavy atom. The Kier molecular flexibility index (Phi) is 4.22. The molecular weight excluding hydrogens is 272 g/mol. The Balaban J connectivity index is 2.08. The fourth-order valence-corrected chi connectivity index (χ4v) is 3.60. The highest BCUT2D eigenvalue weighted by atomic mass is 16.3. The Morgan fingerprint density at radius 1 is 1.32 bits per heavy atom. The van der Waals surface area contributed by atoms with Crippen molar-refractivity contribution in [2.24, 2.45) is 5.92 Å². The molecule has 1 aromatic heterocycles. The van der Waals surface area contributed by atoms with Crippen molar-refractivity contribution in [1.82, 2.24) is 4.98 Å². The molecule has 2 atom stereocenters. The second-order valence-electron chi connectivity index (χ2n) is 6.08. The van der Waals surface area contributed by atoms with Gasteiger partial charge >= 0.3 is 0 Å². The van der Waals surface area contributed by atoms with E-state index in [0.29, 0.717) is 5.69 Å². The fourth-order valence-electron chi connectivity index (χ4n) is 3.60. The molecule has 0 amide bonds. The van der Waals surface area contributed by atoms with Gasteiger partial charge in [-0.05, 0) is 42.2 Å². The summed E-state index contributed by atoms with van der Waals surface area (Å²) in [4.78, 5) is 4.11. The van der Waals surface area contributed by atoms with Crippen molar-refractivity contribution in [3.63, 3.8) is 0 Å². The Labute approximate surface area is 130 Å². The SMILES string of the molecule is C=C1CCCCC(CO)C1c1ccc2c(C#N)nccc2c1. The van der Waals surface area contributed by atoms with Crippen molar-refractivity contribution in [2.75, 3.05) is 6.61 Å². The molecule has 0 radical (unpaired) electrons. The molecule has 112 valence electrons. The quantitative estimate of drug-likeness (QED) is 0.674. The summed E-state index contributed by atoms with van der Waals surface area (Å²) < 4.78 is 0. The van der Waals surface area contributed by atoms with Crippen LogP contribution in [0, 0.1) is 17.2 Å². The van der Waals surface area contributed by atoms with Gasteiger partial charge in [-0.15, -0.1) is 0 Å². The molecule has 1 heterocycles. The van der Waals surface area contributed by atoms with Gasteiger partial charge in [-0.25, -0.2) is 4.98 Å². The molecule has 1 N–H and O–H groups in total. The van der Waals surface area contributed by atoms with Gasteiger partial charge in [0.15, 0.2) is 0 Å². The van der Waals surface area contributed by atoms with Crippen LogP contribution in [0.25, 0.3) is 10.8 Å². The molecule has 0 spiro atoms. The zero-order chi connectivity index (χ0) is 15.5. The van der Waals surface area contributed by atoms with Gasteiger partial charge in [0.25, 0.3) is 0 Å². The summed E-state index contributed by atoms with van der Waals surface area (Å²) in [5.41, 5.74) is 2.86. The molecule has 1 fully saturated rings. The van der Waals surface area contributed by atoms with Gasteiger partial charge in [-0.3, -0.25) is 0 Å². The first-order valence-corrected chi connectivity index (χ1v) is 7.82. The van der Waals surface area contributed by atoms with Crippen LogP contribution in [0.3, 0.4) is 0 Å². The zero-order valence-electron chi connectivity index (χ0n) is 12.6. The molecule has 1 saturated carbocycles. The summed E-state index contributed by atoms with van der Waals surface area (Å²) >= 11 is 0. The number of aromatic nitrogens is 1. The average molecular weight is 292 g/mol. The van der Waals surface area contributed by atoms with E-state index in [9.17, 15) is 5.11 Å². The van der Waals surface area contributed by atoms with E-state index >= 15 is 0 Å². The van der Waals surface area contributed by atoms with E-state index in [1.807, 2.05) is 12.1 Å². The van der Waals surface area contributed by atoms with Crippen molar-refractivity contribution in [1.29, 1.82) is 5.26 Å². The van der Waals surface area contributed by atoms with Crippen molar-refractivity contribution in [2.45, 2.75) is 31.6 Å². The number of aliphatic hydroxyl groups is 1. The first kappa shape index (κ1) is 14.7. The normalized spacial score (nSPS) is 22.3. The van der Waals surface area contributed by atoms with E-state index in [0.717, 1.165) is 36.5 Å². The van der Waals surface area contributed by atoms with Crippen molar-refractivity contribution in [3.8, 4) is 6.07 Å². The van der Waals surface area contributed by atoms with Gasteiger partial charge in [0.1, 0.15) is 11.8 Å². The third-order valence-electron chi connectivity index (χ3n) is 4.72. The molecule has 3 rings (SSSR count). The maximum Gasteiger partial charge on any atom is 0.148 e. The number of allylic oxidation sites excluding steroid dienone is 1. The number of hydrogen-bond donors (Lipinski definition) is 1. The molecule has 1 aliphatic carbocycles. The van der Waals surface area contributed by atoms with Crippen LogP contribution in [0.2, 0.25) is 0 Å². The lowest BCUT2D eigenvalue weighted by molar-refractivity contribution is 0.206. The van der Waals surface area contributed by atoms with Gasteiger partial charge < -0.3 is 5.11 Å². The number of nitriles is 1. The minimum atomic E-state index is 0.196. The lowest BCUT2D eigenvalue weighted by Gasteiger charge is -2.26. The maximum atomic E-state index is 9.77. The van der Waals surface area contributed by atoms with Crippen LogP contribution in [0.4, 0.5) is 0 Å². The third kappa shape index (κ3) is 2.63. The molecule has 2 unspecified atom stereocenters. The van der Waals surface area contributed by atoms with Crippen LogP contribution in [0.15, 0.2) is 42.6 Å². The van der Waals surface area contributed by atoms with E-state index in [1.54, 1.807) is 6.20 Å². The summed E-state index contributed by atoms with van der Waals surface area (Å²) in [6, 6.07) is 10.2. The predicted octanol–water partition coefficient (Wildman–Crippen LogP) is 3.93. The highest BCUT2D eigenvalue weighted by Crippen LogP contribution is 2.40. The molecule has 1 aliphatic rings. The van der Waals surface area contributed by atoms with Crippen LogP contribution in [0.5, 0.6) is 0 Å². The van der Waals surface area contributed by atoms with Crippen molar-refractivity contribution >= 4 is 10.8 Å². The summed E-state index contributed by atoms with van der Waals surface area (Å²) in [6.07, 6.45) is 6.05. The highest BCUT2D eigenvalue weighted by molar-refractivity contribution is 5.87. The highest BCUT2D eigenvalue weighted by Gasteiger charge is 2.27. The number of aliphatic hydroxyl groups excluding tert-OH is 1. The monoisotopic (exact) mass is 292 g/mol. The smallest absolute Gasteiger partial charge is 0.148 e. The van der Waals surface area contributed by atoms with Crippen LogP contribution in [-0.2, 0) is 0 Å². The summed E-state index contributed by atoms with van der Waals surface area (Å²) in [5.74, 6) is 0.445. The van der Waals surface area contributed by atoms with Gasteiger partial charge in [-0.2, -0.15) is 5.26 Å². The summed E-state index contributed by atoms with van der Waals surface area (Å²) in [6.45, 7) is 4.46. The van der Waals surface area contributed by atoms with Crippen LogP contribution < -0.4 is 0 Å². The van der Waals surface area contributed by atoms with Crippen molar-refractivity contribution < 1.29 is 5.11 Å². The standard InChI is InChI=1S/C19H20N2O/c1-13-4-2-3-5-16(12-22)19(13)15-6-7-17-14(10-15)8-9-21-18(17)11-20/h6-10,16,19,22H,1-5,12H2. The fraction of sp³-hybridized carbons (Fsp3) is 0.368. The molecule has 3 heteroatoms. The van der Waals surface area contributed by atoms with Crippen molar-refractivity contribution in [3.05, 3.63) is 53.9 Å². The number of benzene rings is 1. The molecule has 22 heavy (non-hydrogen) atoms. The minimum Gasteiger partial charge on any atom is -0.396 e. The third-order valence-corrected chi connectivity index (χ3v) is 4.72. The van der Waals surface area contributed by atoms with Gasteiger partial charge in [-0.1, -0.05) is 36.8 Å². The van der Waals surface area contributed by atoms with Gasteiger partial charge in [0.05, 0.1) is 0 Å². The first-order chi connectivity index (χ1) is 10.7. The predicted molar refractivity (Wildman–Crippen MR) is 87.4 cm³/mol. The molecule has 1 aromatic carbocycles. The topological polar surface area (TPSA) is 56.9 Å². The number of rotatable bonds is 2. The lowest BCUT2D eigenvalue weighted by Crippen LogP contribution is -2.17. The van der Waals surface area contributed by atoms with Gasteiger partial charge in [0.2, 0.25) is 0 Å². The molecular formula is C19H20N2O.